The van der Waals surface area contributed by atoms with Gasteiger partial charge in [0.05, 0.1) is 24.2 Å². The predicted molar refractivity (Wildman–Crippen MR) is 122 cm³/mol. The molecule has 154 valence electrons. The monoisotopic (exact) mass is 421 g/mol. The molecule has 0 radical (unpaired) electrons. The van der Waals surface area contributed by atoms with Crippen LogP contribution < -0.4 is 15.0 Å². The first-order chi connectivity index (χ1) is 14.6. The topological polar surface area (TPSA) is 54.6 Å². The Kier molecular flexibility index (Phi) is 5.91. The number of hydrogen-bond acceptors (Lipinski definition) is 5. The minimum absolute atomic E-state index is 0.550. The molecule has 3 aromatic rings. The highest BCUT2D eigenvalue weighted by atomic mass is 35.5. The molecule has 6 nitrogen and oxygen atoms in total. The molecule has 2 heterocycles. The van der Waals surface area contributed by atoms with Crippen molar-refractivity contribution in [3.8, 4) is 5.75 Å². The summed E-state index contributed by atoms with van der Waals surface area (Å²) in [4.78, 5) is 15.4. The Hall–Kier alpha value is -3.04. The predicted octanol–water partition coefficient (Wildman–Crippen LogP) is 5.69. The summed E-state index contributed by atoms with van der Waals surface area (Å²) in [5.41, 5.74) is 2.42. The van der Waals surface area contributed by atoms with Crippen LogP contribution in [0.3, 0.4) is 0 Å². The van der Waals surface area contributed by atoms with Gasteiger partial charge in [0.15, 0.2) is 5.69 Å². The number of nitrogens with zero attached hydrogens (tertiary/aromatic N) is 4. The zero-order valence-corrected chi connectivity index (χ0v) is 17.9. The highest BCUT2D eigenvalue weighted by Crippen LogP contribution is 2.30. The molecule has 2 aromatic carbocycles. The first-order valence-corrected chi connectivity index (χ1v) is 10.5. The number of fused-ring (bicyclic) bond motifs is 1. The maximum Gasteiger partial charge on any atom is 0.227 e. The number of rotatable bonds is 5. The fraction of sp³-hybridized carbons (Fsp3) is 0.348. The minimum Gasteiger partial charge on any atom is -0.495 e. The summed E-state index contributed by atoms with van der Waals surface area (Å²) < 4.78 is 5.23. The molecule has 0 aliphatic carbocycles. The summed E-state index contributed by atoms with van der Waals surface area (Å²) in [6.45, 7) is 12.1. The molecule has 1 N–H and O–H groups in total. The largest absolute Gasteiger partial charge is 0.495 e. The number of aromatic nitrogens is 2. The number of halogens is 1. The Labute approximate surface area is 181 Å². The van der Waals surface area contributed by atoms with Gasteiger partial charge in [0.25, 0.3) is 0 Å². The van der Waals surface area contributed by atoms with E-state index in [-0.39, 0.29) is 0 Å². The van der Waals surface area contributed by atoms with E-state index < -0.39 is 0 Å². The fourth-order valence-electron chi connectivity index (χ4n) is 3.66. The highest BCUT2D eigenvalue weighted by molar-refractivity contribution is 6.32. The Balaban J connectivity index is 1.67. The van der Waals surface area contributed by atoms with E-state index in [1.807, 2.05) is 30.3 Å². The lowest BCUT2D eigenvalue weighted by Gasteiger charge is -2.30. The molecule has 0 saturated carbocycles. The van der Waals surface area contributed by atoms with Gasteiger partial charge >= 0.3 is 0 Å². The lowest BCUT2D eigenvalue weighted by Crippen LogP contribution is -2.34. The van der Waals surface area contributed by atoms with Gasteiger partial charge in [0.1, 0.15) is 11.6 Å². The van der Waals surface area contributed by atoms with Crippen molar-refractivity contribution in [1.29, 1.82) is 0 Å². The van der Waals surface area contributed by atoms with E-state index >= 15 is 0 Å². The van der Waals surface area contributed by atoms with E-state index in [1.165, 1.54) is 0 Å². The van der Waals surface area contributed by atoms with Crippen molar-refractivity contribution in [2.75, 3.05) is 30.4 Å². The van der Waals surface area contributed by atoms with Crippen LogP contribution in [0.15, 0.2) is 36.4 Å². The maximum absolute atomic E-state index is 7.34. The van der Waals surface area contributed by atoms with Crippen LogP contribution in [0.25, 0.3) is 15.7 Å². The summed E-state index contributed by atoms with van der Waals surface area (Å²) in [6, 6.07) is 11.3. The van der Waals surface area contributed by atoms with Crippen LogP contribution >= 0.6 is 11.6 Å². The summed E-state index contributed by atoms with van der Waals surface area (Å²) in [6.07, 6.45) is 2.29. The number of methoxy groups -OCH3 is 1. The second kappa shape index (κ2) is 8.76. The van der Waals surface area contributed by atoms with Gasteiger partial charge in [-0.15, -0.1) is 0 Å². The number of piperidine rings is 1. The first-order valence-electron chi connectivity index (χ1n) is 10.1. The third-order valence-corrected chi connectivity index (χ3v) is 5.83. The molecule has 1 aliphatic rings. The average molecular weight is 422 g/mol. The van der Waals surface area contributed by atoms with Gasteiger partial charge in [0, 0.05) is 25.0 Å². The Morgan fingerprint density at radius 1 is 1.20 bits per heavy atom. The first kappa shape index (κ1) is 20.2. The summed E-state index contributed by atoms with van der Waals surface area (Å²) in [7, 11) is 1.60. The lowest BCUT2D eigenvalue weighted by molar-refractivity contribution is 0.415. The van der Waals surface area contributed by atoms with E-state index in [9.17, 15) is 0 Å². The van der Waals surface area contributed by atoms with Crippen molar-refractivity contribution in [2.45, 2.75) is 26.3 Å². The van der Waals surface area contributed by atoms with Crippen molar-refractivity contribution in [1.82, 2.24) is 9.97 Å². The quantitative estimate of drug-likeness (QED) is 0.536. The van der Waals surface area contributed by atoms with Gasteiger partial charge in [-0.25, -0.2) is 9.83 Å². The van der Waals surface area contributed by atoms with Gasteiger partial charge < -0.3 is 15.0 Å². The van der Waals surface area contributed by atoms with Crippen molar-refractivity contribution in [2.24, 2.45) is 5.92 Å². The second-order valence-electron chi connectivity index (χ2n) is 7.68. The number of anilines is 2. The van der Waals surface area contributed by atoms with Gasteiger partial charge in [-0.2, -0.15) is 4.98 Å². The molecular weight excluding hydrogens is 398 g/mol. The van der Waals surface area contributed by atoms with Gasteiger partial charge in [0.2, 0.25) is 5.95 Å². The van der Waals surface area contributed by atoms with Crippen molar-refractivity contribution in [3.63, 3.8) is 0 Å². The Bertz CT molecular complexity index is 1100. The summed E-state index contributed by atoms with van der Waals surface area (Å²) in [5, 5.41) is 4.84. The van der Waals surface area contributed by atoms with Crippen molar-refractivity contribution >= 4 is 40.0 Å². The molecule has 0 atom stereocenters. The molecule has 1 aliphatic heterocycles. The molecule has 4 rings (SSSR count). The average Bonchev–Trinajstić information content (AvgIpc) is 2.77. The SMILES string of the molecule is [C-]#[N+]c1ccc2nc(N3CCC(C)CC3)nc(NCc3ccc(OC)c(Cl)c3)c2c1. The normalized spacial score (nSPS) is 14.5. The molecular formula is C23H24ClN5O. The number of nitrogens with one attached hydrogen (secondary N) is 1. The Morgan fingerprint density at radius 2 is 2.00 bits per heavy atom. The molecule has 1 fully saturated rings. The highest BCUT2D eigenvalue weighted by Gasteiger charge is 2.20. The van der Waals surface area contributed by atoms with E-state index in [0.29, 0.717) is 23.0 Å². The molecule has 0 bridgehead atoms. The molecule has 0 spiro atoms. The van der Waals surface area contributed by atoms with Crippen LogP contribution in [0.2, 0.25) is 5.02 Å². The van der Waals surface area contributed by atoms with E-state index in [4.69, 9.17) is 32.9 Å². The minimum atomic E-state index is 0.550. The summed E-state index contributed by atoms with van der Waals surface area (Å²) >= 11 is 6.27. The van der Waals surface area contributed by atoms with Crippen molar-refractivity contribution < 1.29 is 4.74 Å². The molecule has 1 aromatic heterocycles. The summed E-state index contributed by atoms with van der Waals surface area (Å²) in [5.74, 6) is 2.85. The van der Waals surface area contributed by atoms with E-state index in [2.05, 4.69) is 22.0 Å². The third kappa shape index (κ3) is 4.27. The molecule has 0 unspecified atom stereocenters. The van der Waals surface area contributed by atoms with Gasteiger partial charge in [-0.05, 0) is 48.6 Å². The van der Waals surface area contributed by atoms with Crippen LogP contribution in [-0.4, -0.2) is 30.2 Å². The van der Waals surface area contributed by atoms with E-state index in [0.717, 1.165) is 60.1 Å². The zero-order valence-electron chi connectivity index (χ0n) is 17.2. The number of benzene rings is 2. The molecule has 1 saturated heterocycles. The molecule has 7 heteroatoms. The van der Waals surface area contributed by atoms with Crippen molar-refractivity contribution in [3.05, 3.63) is 58.4 Å². The number of hydrogen-bond donors (Lipinski definition) is 1. The van der Waals surface area contributed by atoms with Gasteiger partial charge in [-0.1, -0.05) is 30.7 Å². The van der Waals surface area contributed by atoms with Crippen LogP contribution in [0.1, 0.15) is 25.3 Å². The fourth-order valence-corrected chi connectivity index (χ4v) is 3.94. The maximum atomic E-state index is 7.34. The third-order valence-electron chi connectivity index (χ3n) is 5.54. The van der Waals surface area contributed by atoms with Crippen LogP contribution in [-0.2, 0) is 6.54 Å². The molecule has 0 amide bonds. The van der Waals surface area contributed by atoms with E-state index in [1.54, 1.807) is 13.2 Å². The zero-order chi connectivity index (χ0) is 21.1. The lowest BCUT2D eigenvalue weighted by atomic mass is 10.00. The van der Waals surface area contributed by atoms with Crippen LogP contribution in [0.5, 0.6) is 5.75 Å². The smallest absolute Gasteiger partial charge is 0.227 e. The number of ether oxygens (including phenoxy) is 1. The molecule has 30 heavy (non-hydrogen) atoms. The van der Waals surface area contributed by atoms with Crippen LogP contribution in [0.4, 0.5) is 17.5 Å². The standard InChI is InChI=1S/C23H24ClN5O/c1-15-8-10-29(11-9-15)23-27-20-6-5-17(25-2)13-18(20)22(28-23)26-14-16-4-7-21(30-3)19(24)12-16/h4-7,12-13,15H,8-11,14H2,1,3H3,(H,26,27,28). The second-order valence-corrected chi connectivity index (χ2v) is 8.08. The van der Waals surface area contributed by atoms with Crippen LogP contribution in [0, 0.1) is 12.5 Å². The van der Waals surface area contributed by atoms with Gasteiger partial charge in [-0.3, -0.25) is 0 Å². The Morgan fingerprint density at radius 3 is 2.70 bits per heavy atom.